The van der Waals surface area contributed by atoms with Crippen molar-refractivity contribution in [2.24, 2.45) is 0 Å². The molecule has 0 fully saturated rings. The molecule has 0 aliphatic carbocycles. The molecule has 0 amide bonds. The summed E-state index contributed by atoms with van der Waals surface area (Å²) in [6.45, 7) is 1.53. The van der Waals surface area contributed by atoms with Gasteiger partial charge in [0.2, 0.25) is 0 Å². The van der Waals surface area contributed by atoms with Crippen LogP contribution < -0.4 is 0 Å². The summed E-state index contributed by atoms with van der Waals surface area (Å²) in [6.07, 6.45) is 0.115. The largest absolute Gasteiger partial charge is 0.369 e. The zero-order valence-electron chi connectivity index (χ0n) is 4.46. The minimum Gasteiger partial charge on any atom is -0.320 e. The Bertz CT molecular complexity index is 137. The molecule has 0 aromatic heterocycles. The zero-order valence-corrected chi connectivity index (χ0v) is 5.35. The van der Waals surface area contributed by atoms with Crippen molar-refractivity contribution >= 4 is 13.0 Å². The minimum atomic E-state index is -4.17. The van der Waals surface area contributed by atoms with Crippen molar-refractivity contribution in [2.45, 2.75) is 13.3 Å². The highest BCUT2D eigenvalue weighted by molar-refractivity contribution is 7.70. The Kier molecular flexibility index (Phi) is 2.34. The molecule has 0 spiro atoms. The highest BCUT2D eigenvalue weighted by Gasteiger charge is 2.17. The molecule has 0 atom stereocenters. The number of hydrogen-bond acceptors (Lipinski definition) is 2. The molecule has 0 unspecified atom stereocenters. The van der Waals surface area contributed by atoms with Crippen molar-refractivity contribution < 1.29 is 14.4 Å². The van der Waals surface area contributed by atoms with E-state index in [0.717, 1.165) is 0 Å². The van der Waals surface area contributed by atoms with Crippen molar-refractivity contribution in [3.05, 3.63) is 0 Å². The maximum Gasteiger partial charge on any atom is 0.369 e. The first-order valence-corrected chi connectivity index (χ1v) is 3.73. The molecule has 0 aromatic carbocycles. The van der Waals surface area contributed by atoms with Gasteiger partial charge in [0.15, 0.2) is 0 Å². The molecule has 48 valence electrons. The minimum absolute atomic E-state index is 0.115. The van der Waals surface area contributed by atoms with Gasteiger partial charge in [-0.05, 0) is 6.42 Å². The van der Waals surface area contributed by atoms with Gasteiger partial charge in [-0.1, -0.05) is 6.92 Å². The normalized spacial score (nSPS) is 11.4. The Hall–Kier alpha value is -0.180. The van der Waals surface area contributed by atoms with Crippen molar-refractivity contribution in [2.75, 3.05) is 0 Å². The fourth-order valence-corrected chi connectivity index (χ4v) is 0.618. The van der Waals surface area contributed by atoms with Crippen molar-refractivity contribution in [3.63, 3.8) is 0 Å². The van der Waals surface area contributed by atoms with E-state index in [1.165, 1.54) is 6.92 Å². The number of hydrogen-bond donors (Lipinski definition) is 3. The summed E-state index contributed by atoms with van der Waals surface area (Å²) in [5.74, 6) is 0. The van der Waals surface area contributed by atoms with E-state index in [-0.39, 0.29) is 6.42 Å². The van der Waals surface area contributed by atoms with Gasteiger partial charge in [0.1, 0.15) is 5.45 Å². The van der Waals surface area contributed by atoms with Crippen LogP contribution in [0, 0.1) is 5.41 Å². The summed E-state index contributed by atoms with van der Waals surface area (Å²) >= 11 is 0. The van der Waals surface area contributed by atoms with Crippen LogP contribution in [0.3, 0.4) is 0 Å². The lowest BCUT2D eigenvalue weighted by molar-refractivity contribution is 0.390. The zero-order chi connectivity index (χ0) is 6.78. The molecule has 0 aliphatic rings. The standard InChI is InChI=1S/C3H8NO3P/c1-2-3(4)8(5,6)7/h4H,2H2,1H3,(H2,5,6,7). The Morgan fingerprint density at radius 3 is 2.12 bits per heavy atom. The predicted octanol–water partition coefficient (Wildman–Crippen LogP) is 0.551. The van der Waals surface area contributed by atoms with Gasteiger partial charge in [0, 0.05) is 0 Å². The summed E-state index contributed by atoms with van der Waals surface area (Å²) in [4.78, 5) is 16.3. The van der Waals surface area contributed by atoms with E-state index >= 15 is 0 Å². The van der Waals surface area contributed by atoms with Gasteiger partial charge in [0.05, 0.1) is 0 Å². The summed E-state index contributed by atoms with van der Waals surface area (Å²) in [5.41, 5.74) is -0.502. The molecular weight excluding hydrogens is 129 g/mol. The van der Waals surface area contributed by atoms with E-state index in [0.29, 0.717) is 0 Å². The highest BCUT2D eigenvalue weighted by Crippen LogP contribution is 2.36. The van der Waals surface area contributed by atoms with Gasteiger partial charge >= 0.3 is 7.60 Å². The lowest BCUT2D eigenvalue weighted by Gasteiger charge is -1.99. The van der Waals surface area contributed by atoms with Crippen LogP contribution in [0.4, 0.5) is 0 Å². The van der Waals surface area contributed by atoms with Gasteiger partial charge in [-0.2, -0.15) is 0 Å². The Morgan fingerprint density at radius 2 is 2.12 bits per heavy atom. The average molecular weight is 137 g/mol. The Morgan fingerprint density at radius 1 is 1.75 bits per heavy atom. The Balaban J connectivity index is 4.04. The molecule has 0 radical (unpaired) electrons. The second-order valence-electron chi connectivity index (χ2n) is 1.34. The van der Waals surface area contributed by atoms with Crippen molar-refractivity contribution in [1.29, 1.82) is 5.41 Å². The fourth-order valence-electron chi connectivity index (χ4n) is 0.206. The van der Waals surface area contributed by atoms with Crippen molar-refractivity contribution in [3.8, 4) is 0 Å². The Labute approximate surface area is 47.2 Å². The van der Waals surface area contributed by atoms with E-state index in [9.17, 15) is 4.57 Å². The topological polar surface area (TPSA) is 81.4 Å². The maximum absolute atomic E-state index is 10.0. The van der Waals surface area contributed by atoms with Crippen LogP contribution in [0.2, 0.25) is 0 Å². The van der Waals surface area contributed by atoms with E-state index < -0.39 is 13.0 Å². The number of nitrogens with one attached hydrogen (secondary N) is 1. The third-order valence-electron chi connectivity index (χ3n) is 0.687. The fraction of sp³-hybridized carbons (Fsp3) is 0.667. The quantitative estimate of drug-likeness (QED) is 0.384. The second kappa shape index (κ2) is 2.40. The molecule has 0 aromatic rings. The van der Waals surface area contributed by atoms with Crippen LogP contribution in [0.25, 0.3) is 0 Å². The second-order valence-corrected chi connectivity index (χ2v) is 2.97. The predicted molar refractivity (Wildman–Crippen MR) is 30.1 cm³/mol. The summed E-state index contributed by atoms with van der Waals surface area (Å²) in [5, 5.41) is 6.63. The van der Waals surface area contributed by atoms with Crippen LogP contribution in [0.5, 0.6) is 0 Å². The van der Waals surface area contributed by atoms with Crippen molar-refractivity contribution in [1.82, 2.24) is 0 Å². The first-order valence-electron chi connectivity index (χ1n) is 2.12. The van der Waals surface area contributed by atoms with Gasteiger partial charge in [-0.3, -0.25) is 9.97 Å². The van der Waals surface area contributed by atoms with E-state index in [1.54, 1.807) is 0 Å². The first-order chi connectivity index (χ1) is 3.48. The molecule has 4 nitrogen and oxygen atoms in total. The van der Waals surface area contributed by atoms with Crippen LogP contribution in [0.1, 0.15) is 13.3 Å². The summed E-state index contributed by atoms with van der Waals surface area (Å²) < 4.78 is 10.0. The van der Waals surface area contributed by atoms with Crippen LogP contribution in [-0.4, -0.2) is 15.2 Å². The first kappa shape index (κ1) is 7.82. The molecule has 0 aliphatic heterocycles. The SMILES string of the molecule is CCC(=N)P(=O)(O)O. The van der Waals surface area contributed by atoms with E-state index in [1.807, 2.05) is 0 Å². The monoisotopic (exact) mass is 137 g/mol. The third kappa shape index (κ3) is 2.21. The number of rotatable bonds is 2. The van der Waals surface area contributed by atoms with Gasteiger partial charge < -0.3 is 9.79 Å². The van der Waals surface area contributed by atoms with E-state index in [2.05, 4.69) is 0 Å². The molecule has 0 rings (SSSR count). The molecule has 0 bridgehead atoms. The molecule has 0 heterocycles. The van der Waals surface area contributed by atoms with Gasteiger partial charge in [-0.15, -0.1) is 0 Å². The molecule has 0 saturated heterocycles. The van der Waals surface area contributed by atoms with E-state index in [4.69, 9.17) is 15.2 Å². The average Bonchev–Trinajstić information content (AvgIpc) is 1.62. The van der Waals surface area contributed by atoms with Gasteiger partial charge in [-0.25, -0.2) is 0 Å². The van der Waals surface area contributed by atoms with Gasteiger partial charge in [0.25, 0.3) is 0 Å². The highest BCUT2D eigenvalue weighted by atomic mass is 31.2. The van der Waals surface area contributed by atoms with Crippen LogP contribution in [0.15, 0.2) is 0 Å². The molecule has 5 heteroatoms. The summed E-state index contributed by atoms with van der Waals surface area (Å²) in [6, 6.07) is 0. The third-order valence-corrected chi connectivity index (χ3v) is 1.71. The lowest BCUT2D eigenvalue weighted by atomic mass is 10.5. The molecular formula is C3H8NO3P. The van der Waals surface area contributed by atoms with Crippen LogP contribution in [-0.2, 0) is 4.57 Å². The molecule has 3 N–H and O–H groups in total. The smallest absolute Gasteiger partial charge is 0.320 e. The summed E-state index contributed by atoms with van der Waals surface area (Å²) in [7, 11) is -4.17. The maximum atomic E-state index is 10.0. The molecule has 8 heavy (non-hydrogen) atoms. The molecule has 0 saturated carbocycles. The van der Waals surface area contributed by atoms with Crippen LogP contribution >= 0.6 is 7.60 Å². The lowest BCUT2D eigenvalue weighted by Crippen LogP contribution is -1.93.